The Bertz CT molecular complexity index is 4090. The molecule has 0 aliphatic rings. The van der Waals surface area contributed by atoms with E-state index < -0.39 is 0 Å². The smallest absolute Gasteiger partial charge is 0.149 e. The monoisotopic (exact) mass is 1320 g/mol. The van der Waals surface area contributed by atoms with Crippen molar-refractivity contribution in [2.45, 2.75) is 157 Å². The van der Waals surface area contributed by atoms with Crippen molar-refractivity contribution in [2.24, 2.45) is 0 Å². The molecule has 0 spiro atoms. The fraction of sp³-hybridized carbons (Fsp3) is 0.267. The molecule has 0 radical (unpaired) electrons. The van der Waals surface area contributed by atoms with Crippen LogP contribution in [0.25, 0.3) is 33.8 Å². The molecule has 0 saturated heterocycles. The van der Waals surface area contributed by atoms with E-state index in [-0.39, 0.29) is 32.5 Å². The summed E-state index contributed by atoms with van der Waals surface area (Å²) in [5.41, 5.74) is 20.9. The highest BCUT2D eigenvalue weighted by Gasteiger charge is 2.30. The summed E-state index contributed by atoms with van der Waals surface area (Å²) >= 11 is 0. The van der Waals surface area contributed by atoms with E-state index in [1.807, 2.05) is 55.4 Å². The van der Waals surface area contributed by atoms with Crippen molar-refractivity contribution in [3.05, 3.63) is 289 Å². The summed E-state index contributed by atoms with van der Waals surface area (Å²) in [4.78, 5) is 40.9. The lowest BCUT2D eigenvalue weighted by Gasteiger charge is -2.29. The van der Waals surface area contributed by atoms with Gasteiger partial charge >= 0.3 is 0 Å². The Kier molecular flexibility index (Phi) is 18.9. The minimum absolute atomic E-state index is 0.00643. The first-order valence-corrected chi connectivity index (χ1v) is 35.0. The molecule has 0 aliphatic heterocycles. The van der Waals surface area contributed by atoms with Gasteiger partial charge in [-0.15, -0.1) is 0 Å². The lowest BCUT2D eigenvalue weighted by Crippen LogP contribution is -2.18. The molecular weight excluding hydrogens is 1220 g/mol. The second-order valence-corrected chi connectivity index (χ2v) is 32.5. The van der Waals surface area contributed by atoms with E-state index >= 15 is 0 Å². The Morgan fingerprint density at radius 2 is 0.370 bits per heavy atom. The standard InChI is InChI=1S/C90H96N10/c1-85(2,3)61-25-37-67(38-26-61)97(68-39-27-62(28-40-68)86(4,5)6)73-49-52-79(94-58-73)76-22-19-55-91-82(76)100(83-77(23-20-56-92-83)80-53-50-74(59-95-80)98(69-41-29-63(30-42-69)87(7,8)9)70-43-31-64(32-44-70)88(10,11)12)84-78(24-21-57-93-84)81-54-51-75(60-96-81)99(71-45-33-65(34-46-71)89(13,14)15)72-47-35-66(36-48-72)90(16,17)18/h19-60H,1-18H3. The fourth-order valence-corrected chi connectivity index (χ4v) is 12.7. The molecule has 10 heteroatoms. The highest BCUT2D eigenvalue weighted by molar-refractivity contribution is 5.93. The number of anilines is 12. The van der Waals surface area contributed by atoms with Crippen LogP contribution in [0.15, 0.2) is 256 Å². The molecule has 0 atom stereocenters. The van der Waals surface area contributed by atoms with Gasteiger partial charge in [-0.3, -0.25) is 19.9 Å². The van der Waals surface area contributed by atoms with Gasteiger partial charge in [0.1, 0.15) is 17.5 Å². The molecule has 0 amide bonds. The van der Waals surface area contributed by atoms with Gasteiger partial charge in [-0.25, -0.2) is 15.0 Å². The molecule has 0 unspecified atom stereocenters. The van der Waals surface area contributed by atoms with E-state index in [9.17, 15) is 0 Å². The second kappa shape index (κ2) is 27.3. The molecule has 100 heavy (non-hydrogen) atoms. The molecule has 10 nitrogen and oxygen atoms in total. The third-order valence-electron chi connectivity index (χ3n) is 18.8. The van der Waals surface area contributed by atoms with Gasteiger partial charge in [0.25, 0.3) is 0 Å². The Balaban J connectivity index is 0.998. The number of hydrogen-bond donors (Lipinski definition) is 0. The van der Waals surface area contributed by atoms with E-state index in [1.165, 1.54) is 33.4 Å². The van der Waals surface area contributed by atoms with Gasteiger partial charge in [-0.2, -0.15) is 0 Å². The number of rotatable bonds is 15. The third-order valence-corrected chi connectivity index (χ3v) is 18.8. The maximum absolute atomic E-state index is 5.36. The minimum Gasteiger partial charge on any atom is -0.309 e. The number of pyridine rings is 6. The Morgan fingerprint density at radius 3 is 0.530 bits per heavy atom. The van der Waals surface area contributed by atoms with E-state index in [4.69, 9.17) is 29.9 Å². The molecule has 12 rings (SSSR count). The van der Waals surface area contributed by atoms with Crippen LogP contribution >= 0.6 is 0 Å². The lowest BCUT2D eigenvalue weighted by atomic mass is 9.86. The van der Waals surface area contributed by atoms with Crippen molar-refractivity contribution in [3.63, 3.8) is 0 Å². The molecule has 12 aromatic rings. The SMILES string of the molecule is CC(C)(C)c1ccc(N(c2ccc(C(C)(C)C)cc2)c2ccc(-c3cccnc3N(c3ncccc3-c3ccc(N(c4ccc(C(C)(C)C)cc4)c4ccc(C(C)(C)C)cc4)cn3)c3ncccc3-c3ccc(N(c4ccc(C(C)(C)C)cc4)c4ccc(C(C)(C)C)cc4)cn3)nc2)cc1. The molecule has 0 N–H and O–H groups in total. The first kappa shape index (κ1) is 69.3. The minimum atomic E-state index is -0.00643. The van der Waals surface area contributed by atoms with Crippen LogP contribution in [0.4, 0.5) is 68.6 Å². The normalized spacial score (nSPS) is 12.3. The Labute approximate surface area is 594 Å². The number of nitrogens with zero attached hydrogens (tertiary/aromatic N) is 10. The Hall–Kier alpha value is -10.6. The predicted molar refractivity (Wildman–Crippen MR) is 420 cm³/mol. The van der Waals surface area contributed by atoms with Crippen molar-refractivity contribution in [1.82, 2.24) is 29.9 Å². The van der Waals surface area contributed by atoms with Crippen LogP contribution < -0.4 is 19.6 Å². The van der Waals surface area contributed by atoms with Crippen LogP contribution in [0, 0.1) is 0 Å². The van der Waals surface area contributed by atoms with E-state index in [0.29, 0.717) is 34.5 Å². The number of benzene rings is 6. The quantitative estimate of drug-likeness (QED) is 0.0988. The molecule has 6 heterocycles. The van der Waals surface area contributed by atoms with Crippen molar-refractivity contribution in [1.29, 1.82) is 0 Å². The molecule has 6 aromatic heterocycles. The molecular formula is C90H96N10. The lowest BCUT2D eigenvalue weighted by molar-refractivity contribution is 0.590. The van der Waals surface area contributed by atoms with Crippen molar-refractivity contribution in [2.75, 3.05) is 19.6 Å². The highest BCUT2D eigenvalue weighted by Crippen LogP contribution is 2.47. The zero-order valence-electron chi connectivity index (χ0n) is 61.7. The summed E-state index contributed by atoms with van der Waals surface area (Å²) in [6.45, 7) is 40.5. The van der Waals surface area contributed by atoms with E-state index in [2.05, 4.69) is 344 Å². The van der Waals surface area contributed by atoms with Crippen molar-refractivity contribution < 1.29 is 0 Å². The zero-order chi connectivity index (χ0) is 71.1. The molecule has 0 saturated carbocycles. The maximum Gasteiger partial charge on any atom is 0.149 e. The zero-order valence-corrected chi connectivity index (χ0v) is 61.7. The van der Waals surface area contributed by atoms with Crippen LogP contribution in [0.2, 0.25) is 0 Å². The molecule has 0 fully saturated rings. The van der Waals surface area contributed by atoms with Gasteiger partial charge < -0.3 is 14.7 Å². The topological polar surface area (TPSA) is 90.3 Å². The molecule has 6 aromatic carbocycles. The summed E-state index contributed by atoms with van der Waals surface area (Å²) in [6.07, 6.45) is 11.4. The van der Waals surface area contributed by atoms with Crippen LogP contribution in [0.3, 0.4) is 0 Å². The van der Waals surface area contributed by atoms with Crippen LogP contribution in [-0.2, 0) is 32.5 Å². The molecule has 506 valence electrons. The first-order valence-electron chi connectivity index (χ1n) is 35.0. The van der Waals surface area contributed by atoms with Gasteiger partial charge in [0.05, 0.1) is 52.7 Å². The van der Waals surface area contributed by atoms with Gasteiger partial charge in [0.15, 0.2) is 0 Å². The fourth-order valence-electron chi connectivity index (χ4n) is 12.7. The van der Waals surface area contributed by atoms with Crippen molar-refractivity contribution >= 4 is 68.6 Å². The predicted octanol–water partition coefficient (Wildman–Crippen LogP) is 24.7. The average Bonchev–Trinajstić information content (AvgIpc) is 0.719. The number of aromatic nitrogens is 6. The van der Waals surface area contributed by atoms with Crippen LogP contribution in [-0.4, -0.2) is 29.9 Å². The van der Waals surface area contributed by atoms with E-state index in [1.54, 1.807) is 0 Å². The van der Waals surface area contributed by atoms with Gasteiger partial charge in [-0.05, 0) is 211 Å². The highest BCUT2D eigenvalue weighted by atomic mass is 15.3. The van der Waals surface area contributed by atoms with Crippen LogP contribution in [0.5, 0.6) is 0 Å². The van der Waals surface area contributed by atoms with Gasteiger partial charge in [-0.1, -0.05) is 197 Å². The largest absolute Gasteiger partial charge is 0.309 e. The van der Waals surface area contributed by atoms with Gasteiger partial charge in [0.2, 0.25) is 0 Å². The second-order valence-electron chi connectivity index (χ2n) is 32.5. The summed E-state index contributed by atoms with van der Waals surface area (Å²) in [5.74, 6) is 1.70. The Morgan fingerprint density at radius 1 is 0.190 bits per heavy atom. The van der Waals surface area contributed by atoms with Gasteiger partial charge in [0, 0.05) is 69.4 Å². The molecule has 0 bridgehead atoms. The van der Waals surface area contributed by atoms with Crippen molar-refractivity contribution in [3.8, 4) is 33.8 Å². The summed E-state index contributed by atoms with van der Waals surface area (Å²) in [6, 6.07) is 78.2. The summed E-state index contributed by atoms with van der Waals surface area (Å²) in [7, 11) is 0. The summed E-state index contributed by atoms with van der Waals surface area (Å²) < 4.78 is 0. The maximum atomic E-state index is 5.36. The van der Waals surface area contributed by atoms with E-state index in [0.717, 1.165) is 67.9 Å². The third kappa shape index (κ3) is 15.0. The van der Waals surface area contributed by atoms with Crippen LogP contribution in [0.1, 0.15) is 158 Å². The first-order chi connectivity index (χ1) is 47.4. The summed E-state index contributed by atoms with van der Waals surface area (Å²) in [5, 5.41) is 0. The average molecular weight is 1320 g/mol. The number of hydrogen-bond acceptors (Lipinski definition) is 10. The molecule has 0 aliphatic carbocycles.